The molecule has 0 saturated carbocycles. The SMILES string of the molecule is CC1CNCC(C)N1C(=O)CCn1ccnn1. The Morgan fingerprint density at radius 1 is 1.41 bits per heavy atom. The summed E-state index contributed by atoms with van der Waals surface area (Å²) in [4.78, 5) is 14.1. The van der Waals surface area contributed by atoms with Crippen molar-refractivity contribution in [1.29, 1.82) is 0 Å². The molecule has 6 nitrogen and oxygen atoms in total. The molecule has 1 fully saturated rings. The van der Waals surface area contributed by atoms with E-state index in [2.05, 4.69) is 29.5 Å². The Hall–Kier alpha value is -1.43. The van der Waals surface area contributed by atoms with Gasteiger partial charge in [0.1, 0.15) is 0 Å². The number of carbonyl (C=O) groups is 1. The molecule has 1 aliphatic rings. The van der Waals surface area contributed by atoms with Gasteiger partial charge in [-0.15, -0.1) is 5.10 Å². The maximum absolute atomic E-state index is 12.2. The van der Waals surface area contributed by atoms with Crippen LogP contribution in [0.3, 0.4) is 0 Å². The number of aryl methyl sites for hydroxylation is 1. The van der Waals surface area contributed by atoms with E-state index in [9.17, 15) is 4.79 Å². The van der Waals surface area contributed by atoms with E-state index < -0.39 is 0 Å². The van der Waals surface area contributed by atoms with Gasteiger partial charge in [0.15, 0.2) is 0 Å². The lowest BCUT2D eigenvalue weighted by Gasteiger charge is -2.39. The minimum absolute atomic E-state index is 0.196. The van der Waals surface area contributed by atoms with Crippen molar-refractivity contribution in [2.45, 2.75) is 38.9 Å². The molecule has 2 rings (SSSR count). The number of amides is 1. The maximum Gasteiger partial charge on any atom is 0.225 e. The van der Waals surface area contributed by atoms with Crippen LogP contribution in [-0.4, -0.2) is 51.0 Å². The molecular formula is C11H19N5O. The topological polar surface area (TPSA) is 63.1 Å². The molecule has 1 aromatic rings. The summed E-state index contributed by atoms with van der Waals surface area (Å²) < 4.78 is 1.69. The Balaban J connectivity index is 1.90. The van der Waals surface area contributed by atoms with Crippen LogP contribution in [0.2, 0.25) is 0 Å². The molecule has 17 heavy (non-hydrogen) atoms. The Morgan fingerprint density at radius 3 is 2.71 bits per heavy atom. The smallest absolute Gasteiger partial charge is 0.225 e. The van der Waals surface area contributed by atoms with Crippen molar-refractivity contribution in [3.8, 4) is 0 Å². The Morgan fingerprint density at radius 2 is 2.12 bits per heavy atom. The molecule has 1 aromatic heterocycles. The summed E-state index contributed by atoms with van der Waals surface area (Å²) in [5.74, 6) is 0.196. The van der Waals surface area contributed by atoms with E-state index in [4.69, 9.17) is 0 Å². The minimum atomic E-state index is 0.196. The van der Waals surface area contributed by atoms with Gasteiger partial charge in [-0.3, -0.25) is 9.48 Å². The zero-order valence-electron chi connectivity index (χ0n) is 10.3. The quantitative estimate of drug-likeness (QED) is 0.796. The first-order valence-electron chi connectivity index (χ1n) is 6.04. The molecule has 0 spiro atoms. The van der Waals surface area contributed by atoms with Crippen LogP contribution in [0.4, 0.5) is 0 Å². The average Bonchev–Trinajstić information content (AvgIpc) is 2.79. The maximum atomic E-state index is 12.2. The van der Waals surface area contributed by atoms with Gasteiger partial charge < -0.3 is 10.2 Å². The molecule has 0 aliphatic carbocycles. The highest BCUT2D eigenvalue weighted by Gasteiger charge is 2.28. The first-order valence-corrected chi connectivity index (χ1v) is 6.04. The van der Waals surface area contributed by atoms with E-state index in [0.29, 0.717) is 13.0 Å². The third-order valence-electron chi connectivity index (χ3n) is 3.14. The van der Waals surface area contributed by atoms with Gasteiger partial charge in [0.2, 0.25) is 5.91 Å². The van der Waals surface area contributed by atoms with E-state index in [1.165, 1.54) is 0 Å². The minimum Gasteiger partial charge on any atom is -0.335 e. The van der Waals surface area contributed by atoms with Crippen molar-refractivity contribution in [3.63, 3.8) is 0 Å². The lowest BCUT2D eigenvalue weighted by molar-refractivity contribution is -0.136. The highest BCUT2D eigenvalue weighted by molar-refractivity contribution is 5.77. The lowest BCUT2D eigenvalue weighted by Crippen LogP contribution is -2.57. The Labute approximate surface area is 101 Å². The number of nitrogens with zero attached hydrogens (tertiary/aromatic N) is 4. The van der Waals surface area contributed by atoms with Crippen LogP contribution in [0, 0.1) is 0 Å². The van der Waals surface area contributed by atoms with Crippen molar-refractivity contribution >= 4 is 5.91 Å². The second kappa shape index (κ2) is 5.27. The molecule has 6 heteroatoms. The predicted octanol–water partition coefficient (Wildman–Crippen LogP) is -0.123. The summed E-state index contributed by atoms with van der Waals surface area (Å²) in [6.45, 7) is 6.51. The van der Waals surface area contributed by atoms with Crippen LogP contribution in [-0.2, 0) is 11.3 Å². The van der Waals surface area contributed by atoms with Gasteiger partial charge in [0.25, 0.3) is 0 Å². The fourth-order valence-corrected chi connectivity index (χ4v) is 2.32. The van der Waals surface area contributed by atoms with Crippen LogP contribution < -0.4 is 5.32 Å². The molecule has 1 N–H and O–H groups in total. The summed E-state index contributed by atoms with van der Waals surface area (Å²) in [7, 11) is 0. The molecule has 0 radical (unpaired) electrons. The van der Waals surface area contributed by atoms with Gasteiger partial charge in [0, 0.05) is 37.8 Å². The monoisotopic (exact) mass is 237 g/mol. The molecule has 94 valence electrons. The first-order chi connectivity index (χ1) is 8.18. The zero-order valence-corrected chi connectivity index (χ0v) is 10.3. The zero-order chi connectivity index (χ0) is 12.3. The highest BCUT2D eigenvalue weighted by Crippen LogP contribution is 2.11. The summed E-state index contributed by atoms with van der Waals surface area (Å²) >= 11 is 0. The lowest BCUT2D eigenvalue weighted by atomic mass is 10.1. The van der Waals surface area contributed by atoms with Gasteiger partial charge >= 0.3 is 0 Å². The van der Waals surface area contributed by atoms with Crippen LogP contribution in [0.25, 0.3) is 0 Å². The Kier molecular flexibility index (Phi) is 3.73. The molecule has 0 bridgehead atoms. The van der Waals surface area contributed by atoms with Gasteiger partial charge in [0.05, 0.1) is 12.7 Å². The number of carbonyl (C=O) groups excluding carboxylic acids is 1. The van der Waals surface area contributed by atoms with Crippen molar-refractivity contribution in [2.75, 3.05) is 13.1 Å². The summed E-state index contributed by atoms with van der Waals surface area (Å²) in [5.41, 5.74) is 0. The summed E-state index contributed by atoms with van der Waals surface area (Å²) in [6.07, 6.45) is 3.89. The van der Waals surface area contributed by atoms with Crippen LogP contribution >= 0.6 is 0 Å². The van der Waals surface area contributed by atoms with Crippen molar-refractivity contribution < 1.29 is 4.79 Å². The first kappa shape index (κ1) is 12.0. The van der Waals surface area contributed by atoms with E-state index in [1.54, 1.807) is 17.1 Å². The number of hydrogen-bond donors (Lipinski definition) is 1. The third kappa shape index (κ3) is 2.82. The second-order valence-corrected chi connectivity index (χ2v) is 4.57. The largest absolute Gasteiger partial charge is 0.335 e. The fraction of sp³-hybridized carbons (Fsp3) is 0.727. The van der Waals surface area contributed by atoms with E-state index in [-0.39, 0.29) is 18.0 Å². The van der Waals surface area contributed by atoms with Gasteiger partial charge in [-0.25, -0.2) is 0 Å². The number of piperazine rings is 1. The standard InChI is InChI=1S/C11H19N5O/c1-9-7-12-8-10(2)16(9)11(17)3-5-15-6-4-13-14-15/h4,6,9-10,12H,3,5,7-8H2,1-2H3. The van der Waals surface area contributed by atoms with Gasteiger partial charge in [-0.2, -0.15) is 0 Å². The molecule has 1 saturated heterocycles. The van der Waals surface area contributed by atoms with E-state index in [0.717, 1.165) is 13.1 Å². The number of rotatable bonds is 3. The van der Waals surface area contributed by atoms with Gasteiger partial charge in [-0.05, 0) is 13.8 Å². The van der Waals surface area contributed by atoms with E-state index in [1.807, 2.05) is 4.90 Å². The summed E-state index contributed by atoms with van der Waals surface area (Å²) in [5, 5.41) is 10.9. The van der Waals surface area contributed by atoms with Crippen molar-refractivity contribution in [1.82, 2.24) is 25.2 Å². The number of aromatic nitrogens is 3. The molecular weight excluding hydrogens is 218 g/mol. The molecule has 0 aromatic carbocycles. The number of nitrogens with one attached hydrogen (secondary N) is 1. The number of hydrogen-bond acceptors (Lipinski definition) is 4. The molecule has 2 heterocycles. The van der Waals surface area contributed by atoms with Crippen LogP contribution in [0.15, 0.2) is 12.4 Å². The Bertz CT molecular complexity index is 354. The highest BCUT2D eigenvalue weighted by atomic mass is 16.2. The normalized spacial score (nSPS) is 24.9. The van der Waals surface area contributed by atoms with E-state index >= 15 is 0 Å². The second-order valence-electron chi connectivity index (χ2n) is 4.57. The molecule has 2 atom stereocenters. The summed E-state index contributed by atoms with van der Waals surface area (Å²) in [6, 6.07) is 0.531. The van der Waals surface area contributed by atoms with Gasteiger partial charge in [-0.1, -0.05) is 5.21 Å². The average molecular weight is 237 g/mol. The van der Waals surface area contributed by atoms with Crippen molar-refractivity contribution in [2.24, 2.45) is 0 Å². The van der Waals surface area contributed by atoms with Crippen molar-refractivity contribution in [3.05, 3.63) is 12.4 Å². The van der Waals surface area contributed by atoms with Crippen LogP contribution in [0.5, 0.6) is 0 Å². The fourth-order valence-electron chi connectivity index (χ4n) is 2.32. The third-order valence-corrected chi connectivity index (χ3v) is 3.14. The molecule has 2 unspecified atom stereocenters. The van der Waals surface area contributed by atoms with Crippen LogP contribution in [0.1, 0.15) is 20.3 Å². The molecule has 1 aliphatic heterocycles. The molecule has 1 amide bonds. The predicted molar refractivity (Wildman–Crippen MR) is 63.3 cm³/mol.